The molecule has 9 heteroatoms. The zero-order valence-electron chi connectivity index (χ0n) is 19.0. The topological polar surface area (TPSA) is 102 Å². The van der Waals surface area contributed by atoms with Gasteiger partial charge in [0, 0.05) is 37.3 Å². The van der Waals surface area contributed by atoms with Gasteiger partial charge < -0.3 is 20.3 Å². The van der Waals surface area contributed by atoms with Gasteiger partial charge in [-0.1, -0.05) is 12.1 Å². The summed E-state index contributed by atoms with van der Waals surface area (Å²) in [5.41, 5.74) is 7.33. The quantitative estimate of drug-likeness (QED) is 0.651. The Balaban J connectivity index is 1.55. The van der Waals surface area contributed by atoms with E-state index >= 15 is 0 Å². The lowest BCUT2D eigenvalue weighted by molar-refractivity contribution is -0.00904. The number of hydrogen-bond acceptors (Lipinski definition) is 6. The Kier molecular flexibility index (Phi) is 5.65. The van der Waals surface area contributed by atoms with Gasteiger partial charge in [0.1, 0.15) is 22.8 Å². The van der Waals surface area contributed by atoms with Gasteiger partial charge in [-0.15, -0.1) is 0 Å². The summed E-state index contributed by atoms with van der Waals surface area (Å²) in [6, 6.07) is 9.42. The van der Waals surface area contributed by atoms with E-state index in [1.165, 1.54) is 18.3 Å². The fourth-order valence-electron chi connectivity index (χ4n) is 3.65. The van der Waals surface area contributed by atoms with E-state index in [9.17, 15) is 14.0 Å². The first-order valence-corrected chi connectivity index (χ1v) is 10.6. The van der Waals surface area contributed by atoms with Gasteiger partial charge in [0.05, 0.1) is 17.3 Å². The maximum Gasteiger partial charge on any atom is 0.410 e. The molecule has 0 saturated carbocycles. The van der Waals surface area contributed by atoms with E-state index in [0.717, 1.165) is 0 Å². The average molecular weight is 452 g/mol. The number of ether oxygens (including phenoxy) is 1. The summed E-state index contributed by atoms with van der Waals surface area (Å²) in [5, 5.41) is 0.558. The number of aromatic nitrogens is 2. The highest BCUT2D eigenvalue weighted by atomic mass is 19.1. The molecule has 2 aromatic heterocycles. The molecule has 1 aliphatic rings. The SMILES string of the molecule is CN(C(=O)c1cnc(N)c2nc(-c3cccc(F)c3)ccc12)C1CN(C(=O)OC(C)(C)C)C1. The summed E-state index contributed by atoms with van der Waals surface area (Å²) in [6.45, 7) is 6.21. The third kappa shape index (κ3) is 4.57. The summed E-state index contributed by atoms with van der Waals surface area (Å²) in [7, 11) is 1.69. The Morgan fingerprint density at radius 1 is 1.21 bits per heavy atom. The van der Waals surface area contributed by atoms with Gasteiger partial charge in [0.25, 0.3) is 5.91 Å². The summed E-state index contributed by atoms with van der Waals surface area (Å²) in [5.74, 6) is -0.434. The van der Waals surface area contributed by atoms with E-state index in [4.69, 9.17) is 10.5 Å². The van der Waals surface area contributed by atoms with Crippen molar-refractivity contribution in [3.05, 3.63) is 54.0 Å². The molecule has 0 bridgehead atoms. The maximum absolute atomic E-state index is 13.6. The number of nitrogen functional groups attached to an aromatic ring is 1. The molecule has 2 N–H and O–H groups in total. The van der Waals surface area contributed by atoms with Crippen LogP contribution >= 0.6 is 0 Å². The summed E-state index contributed by atoms with van der Waals surface area (Å²) >= 11 is 0. The number of nitrogens with two attached hydrogens (primary N) is 1. The van der Waals surface area contributed by atoms with Gasteiger partial charge in [-0.05, 0) is 45.0 Å². The van der Waals surface area contributed by atoms with E-state index in [-0.39, 0.29) is 23.6 Å². The van der Waals surface area contributed by atoms with Gasteiger partial charge in [-0.3, -0.25) is 4.79 Å². The van der Waals surface area contributed by atoms with Gasteiger partial charge in [-0.25, -0.2) is 19.2 Å². The summed E-state index contributed by atoms with van der Waals surface area (Å²) in [4.78, 5) is 37.3. The summed E-state index contributed by atoms with van der Waals surface area (Å²) < 4.78 is 19.0. The molecule has 0 spiro atoms. The van der Waals surface area contributed by atoms with E-state index in [2.05, 4.69) is 9.97 Å². The number of amides is 2. The predicted octanol–water partition coefficient (Wildman–Crippen LogP) is 3.71. The Morgan fingerprint density at radius 2 is 1.94 bits per heavy atom. The lowest BCUT2D eigenvalue weighted by atomic mass is 10.0. The number of halogens is 1. The lowest BCUT2D eigenvalue weighted by Crippen LogP contribution is -2.61. The van der Waals surface area contributed by atoms with Gasteiger partial charge >= 0.3 is 6.09 Å². The van der Waals surface area contributed by atoms with E-state index in [1.807, 2.05) is 20.8 Å². The number of likely N-dealkylation sites (N-methyl/N-ethyl adjacent to an activating group) is 1. The lowest BCUT2D eigenvalue weighted by Gasteiger charge is -2.44. The predicted molar refractivity (Wildman–Crippen MR) is 123 cm³/mol. The third-order valence-electron chi connectivity index (χ3n) is 5.49. The number of carbonyl (C=O) groups excluding carboxylic acids is 2. The van der Waals surface area contributed by atoms with Crippen LogP contribution in [0.1, 0.15) is 31.1 Å². The number of nitrogens with zero attached hydrogens (tertiary/aromatic N) is 4. The van der Waals surface area contributed by atoms with Crippen molar-refractivity contribution >= 4 is 28.7 Å². The minimum atomic E-state index is -0.574. The van der Waals surface area contributed by atoms with Crippen LogP contribution in [0, 0.1) is 5.82 Å². The highest BCUT2D eigenvalue weighted by Crippen LogP contribution is 2.28. The van der Waals surface area contributed by atoms with Gasteiger partial charge in [0.15, 0.2) is 0 Å². The molecule has 3 aromatic rings. The summed E-state index contributed by atoms with van der Waals surface area (Å²) in [6.07, 6.45) is 1.04. The molecule has 0 atom stereocenters. The smallest absolute Gasteiger partial charge is 0.410 e. The van der Waals surface area contributed by atoms with Crippen molar-refractivity contribution in [3.8, 4) is 11.3 Å². The van der Waals surface area contributed by atoms with Crippen LogP contribution in [0.25, 0.3) is 22.2 Å². The number of rotatable bonds is 3. The molecule has 1 saturated heterocycles. The van der Waals surface area contributed by atoms with Crippen LogP contribution in [-0.2, 0) is 4.74 Å². The molecule has 1 aliphatic heterocycles. The first kappa shape index (κ1) is 22.4. The van der Waals surface area contributed by atoms with E-state index < -0.39 is 11.7 Å². The molecule has 1 fully saturated rings. The Morgan fingerprint density at radius 3 is 2.61 bits per heavy atom. The highest BCUT2D eigenvalue weighted by molar-refractivity contribution is 6.08. The van der Waals surface area contributed by atoms with Gasteiger partial charge in [-0.2, -0.15) is 0 Å². The maximum atomic E-state index is 13.6. The van der Waals surface area contributed by atoms with Crippen LogP contribution in [0.15, 0.2) is 42.6 Å². The van der Waals surface area contributed by atoms with Crippen LogP contribution in [0.5, 0.6) is 0 Å². The van der Waals surface area contributed by atoms with Crippen LogP contribution in [0.2, 0.25) is 0 Å². The molecular formula is C24H26FN5O3. The number of fused-ring (bicyclic) bond motifs is 1. The molecule has 0 aliphatic carbocycles. The minimum absolute atomic E-state index is 0.142. The molecule has 0 radical (unpaired) electrons. The number of hydrogen-bond donors (Lipinski definition) is 1. The van der Waals surface area contributed by atoms with E-state index in [1.54, 1.807) is 41.1 Å². The molecular weight excluding hydrogens is 425 g/mol. The van der Waals surface area contributed by atoms with Crippen LogP contribution in [-0.4, -0.2) is 63.5 Å². The van der Waals surface area contributed by atoms with Crippen molar-refractivity contribution in [1.82, 2.24) is 19.8 Å². The van der Waals surface area contributed by atoms with Crippen LogP contribution in [0.4, 0.5) is 15.0 Å². The normalized spacial score (nSPS) is 14.2. The molecule has 3 heterocycles. The average Bonchev–Trinajstić information content (AvgIpc) is 2.71. The molecule has 172 valence electrons. The number of carbonyl (C=O) groups is 2. The fourth-order valence-corrected chi connectivity index (χ4v) is 3.65. The number of benzene rings is 1. The molecule has 2 amide bonds. The van der Waals surface area contributed by atoms with Crippen molar-refractivity contribution in [2.75, 3.05) is 25.9 Å². The highest BCUT2D eigenvalue weighted by Gasteiger charge is 2.38. The van der Waals surface area contributed by atoms with E-state index in [0.29, 0.717) is 40.8 Å². The van der Waals surface area contributed by atoms with Crippen LogP contribution < -0.4 is 5.73 Å². The van der Waals surface area contributed by atoms with Crippen molar-refractivity contribution < 1.29 is 18.7 Å². The third-order valence-corrected chi connectivity index (χ3v) is 5.49. The number of likely N-dealkylation sites (tertiary alicyclic amines) is 1. The van der Waals surface area contributed by atoms with Gasteiger partial charge in [0.2, 0.25) is 0 Å². The molecule has 1 aromatic carbocycles. The largest absolute Gasteiger partial charge is 0.444 e. The van der Waals surface area contributed by atoms with Crippen molar-refractivity contribution in [3.63, 3.8) is 0 Å². The Labute approximate surface area is 191 Å². The molecule has 33 heavy (non-hydrogen) atoms. The second kappa shape index (κ2) is 8.31. The van der Waals surface area contributed by atoms with Crippen molar-refractivity contribution in [2.24, 2.45) is 0 Å². The fraction of sp³-hybridized carbons (Fsp3) is 0.333. The first-order valence-electron chi connectivity index (χ1n) is 10.6. The zero-order valence-corrected chi connectivity index (χ0v) is 19.0. The number of pyridine rings is 2. The molecule has 4 rings (SSSR count). The standard InChI is InChI=1S/C24H26FN5O3/c1-24(2,3)33-23(32)30-12-16(13-30)29(4)22(31)18-11-27-21(26)20-17(18)8-9-19(28-20)14-6-5-7-15(25)10-14/h5-11,16H,12-13H2,1-4H3,(H2,26,27). The Bertz CT molecular complexity index is 1230. The minimum Gasteiger partial charge on any atom is -0.444 e. The zero-order chi connectivity index (χ0) is 23.9. The monoisotopic (exact) mass is 451 g/mol. The first-order chi connectivity index (χ1) is 15.5. The number of anilines is 1. The second-order valence-corrected chi connectivity index (χ2v) is 9.12. The second-order valence-electron chi connectivity index (χ2n) is 9.12. The molecule has 8 nitrogen and oxygen atoms in total. The van der Waals surface area contributed by atoms with Crippen molar-refractivity contribution in [2.45, 2.75) is 32.4 Å². The Hall–Kier alpha value is -3.75. The molecule has 0 unspecified atom stereocenters. The van der Waals surface area contributed by atoms with Crippen molar-refractivity contribution in [1.29, 1.82) is 0 Å². The van der Waals surface area contributed by atoms with Crippen LogP contribution in [0.3, 0.4) is 0 Å².